The largest absolute Gasteiger partial charge is 0.356 e. The molecule has 0 saturated heterocycles. The molecule has 0 radical (unpaired) electrons. The molecule has 6 heteroatoms. The smallest absolute Gasteiger partial charge is 0.0931 e. The van der Waals surface area contributed by atoms with E-state index in [1.807, 2.05) is 0 Å². The standard InChI is InChI=1S/C14H32N2.NO3/c1-4-5-6-7-8-9-10-11-12-13-14-15-16(2)3;2-1(3)4/h15H,4-14H2,1-3H3;/q;-1/p+1. The van der Waals surface area contributed by atoms with E-state index in [1.165, 1.54) is 70.8 Å². The lowest BCUT2D eigenvalue weighted by Crippen LogP contribution is -2.91. The van der Waals surface area contributed by atoms with Crippen LogP contribution in [0.2, 0.25) is 0 Å². The maximum absolute atomic E-state index is 8.25. The molecule has 0 unspecified atom stereocenters. The second-order valence-electron chi connectivity index (χ2n) is 5.34. The van der Waals surface area contributed by atoms with Crippen LogP contribution in [0.1, 0.15) is 71.1 Å². The zero-order valence-electron chi connectivity index (χ0n) is 13.5. The Morgan fingerprint density at radius 3 is 1.55 bits per heavy atom. The van der Waals surface area contributed by atoms with Crippen LogP contribution in [0.4, 0.5) is 0 Å². The van der Waals surface area contributed by atoms with Crippen molar-refractivity contribution in [1.29, 1.82) is 0 Å². The molecule has 0 aliphatic heterocycles. The number of nitrogens with zero attached hydrogens (tertiary/aromatic N) is 2. The number of unbranched alkanes of at least 4 members (excludes halogenated alkanes) is 9. The Morgan fingerprint density at radius 1 is 0.850 bits per heavy atom. The van der Waals surface area contributed by atoms with E-state index in [2.05, 4.69) is 31.5 Å². The first kappa shape index (κ1) is 21.4. The maximum atomic E-state index is 8.25. The highest BCUT2D eigenvalue weighted by atomic mass is 16.9. The van der Waals surface area contributed by atoms with Crippen LogP contribution >= 0.6 is 0 Å². The van der Waals surface area contributed by atoms with Crippen LogP contribution in [0.25, 0.3) is 0 Å². The van der Waals surface area contributed by atoms with E-state index < -0.39 is 5.09 Å². The lowest BCUT2D eigenvalue weighted by molar-refractivity contribution is -0.794. The van der Waals surface area contributed by atoms with E-state index in [1.54, 1.807) is 0 Å². The summed E-state index contributed by atoms with van der Waals surface area (Å²) in [4.78, 5) is 8.25. The predicted octanol–water partition coefficient (Wildman–Crippen LogP) is 2.71. The lowest BCUT2D eigenvalue weighted by Gasteiger charge is -2.07. The molecule has 0 spiro atoms. The number of nitrogens with two attached hydrogens (primary N) is 1. The quantitative estimate of drug-likeness (QED) is 0.259. The van der Waals surface area contributed by atoms with Crippen LogP contribution in [0, 0.1) is 15.3 Å². The van der Waals surface area contributed by atoms with Crippen molar-refractivity contribution in [1.82, 2.24) is 5.01 Å². The molecule has 0 saturated carbocycles. The molecule has 0 heterocycles. The van der Waals surface area contributed by atoms with Crippen LogP contribution in [0.15, 0.2) is 0 Å². The van der Waals surface area contributed by atoms with E-state index in [-0.39, 0.29) is 0 Å². The van der Waals surface area contributed by atoms with Gasteiger partial charge < -0.3 is 15.3 Å². The van der Waals surface area contributed by atoms with Gasteiger partial charge in [-0.15, -0.1) is 0 Å². The minimum atomic E-state index is -1.75. The van der Waals surface area contributed by atoms with Crippen molar-refractivity contribution in [2.45, 2.75) is 71.1 Å². The van der Waals surface area contributed by atoms with Crippen molar-refractivity contribution in [2.75, 3.05) is 20.6 Å². The Labute approximate surface area is 123 Å². The predicted molar refractivity (Wildman–Crippen MR) is 82.7 cm³/mol. The fourth-order valence-electron chi connectivity index (χ4n) is 1.98. The molecule has 0 bridgehead atoms. The van der Waals surface area contributed by atoms with Crippen LogP contribution in [-0.4, -0.2) is 30.7 Å². The molecule has 2 N–H and O–H groups in total. The van der Waals surface area contributed by atoms with Gasteiger partial charge in [0.2, 0.25) is 0 Å². The number of rotatable bonds is 12. The van der Waals surface area contributed by atoms with Crippen molar-refractivity contribution in [3.8, 4) is 0 Å². The second-order valence-corrected chi connectivity index (χ2v) is 5.34. The summed E-state index contributed by atoms with van der Waals surface area (Å²) in [5.41, 5.74) is 2.28. The first-order valence-electron chi connectivity index (χ1n) is 7.82. The third-order valence-electron chi connectivity index (χ3n) is 3.05. The van der Waals surface area contributed by atoms with Crippen molar-refractivity contribution in [2.24, 2.45) is 0 Å². The van der Waals surface area contributed by atoms with Gasteiger partial charge in [0.15, 0.2) is 0 Å². The number of hydrogen-bond acceptors (Lipinski definition) is 4. The van der Waals surface area contributed by atoms with Crippen LogP contribution in [0.3, 0.4) is 0 Å². The molecule has 0 aromatic heterocycles. The van der Waals surface area contributed by atoms with E-state index in [4.69, 9.17) is 15.3 Å². The van der Waals surface area contributed by atoms with Crippen molar-refractivity contribution in [3.05, 3.63) is 15.3 Å². The van der Waals surface area contributed by atoms with Gasteiger partial charge in [-0.05, 0) is 12.8 Å². The molecule has 0 rings (SSSR count). The van der Waals surface area contributed by atoms with Crippen molar-refractivity contribution < 1.29 is 10.5 Å². The summed E-state index contributed by atoms with van der Waals surface area (Å²) in [6.07, 6.45) is 14.3. The zero-order chi connectivity index (χ0) is 15.6. The summed E-state index contributed by atoms with van der Waals surface area (Å²) in [5.74, 6) is 0. The van der Waals surface area contributed by atoms with Crippen LogP contribution in [0.5, 0.6) is 0 Å². The molecule has 0 aromatic carbocycles. The molecular weight excluding hydrogens is 258 g/mol. The summed E-state index contributed by atoms with van der Waals surface area (Å²) in [5, 5.41) is 16.9. The van der Waals surface area contributed by atoms with Gasteiger partial charge >= 0.3 is 0 Å². The molecule has 6 nitrogen and oxygen atoms in total. The van der Waals surface area contributed by atoms with E-state index in [0.29, 0.717) is 0 Å². The van der Waals surface area contributed by atoms with E-state index in [9.17, 15) is 0 Å². The van der Waals surface area contributed by atoms with E-state index >= 15 is 0 Å². The molecule has 122 valence electrons. The highest BCUT2D eigenvalue weighted by Gasteiger charge is 1.94. The third-order valence-corrected chi connectivity index (χ3v) is 3.05. The Morgan fingerprint density at radius 2 is 1.20 bits per heavy atom. The Kier molecular flexibility index (Phi) is 19.4. The van der Waals surface area contributed by atoms with Gasteiger partial charge in [0.05, 0.1) is 11.6 Å². The van der Waals surface area contributed by atoms with Crippen LogP contribution in [-0.2, 0) is 0 Å². The summed E-state index contributed by atoms with van der Waals surface area (Å²) in [6, 6.07) is 0. The van der Waals surface area contributed by atoms with Gasteiger partial charge in [0, 0.05) is 14.1 Å². The van der Waals surface area contributed by atoms with Crippen molar-refractivity contribution in [3.63, 3.8) is 0 Å². The summed E-state index contributed by atoms with van der Waals surface area (Å²) < 4.78 is 0. The minimum Gasteiger partial charge on any atom is -0.356 e. The monoisotopic (exact) mass is 291 g/mol. The van der Waals surface area contributed by atoms with Crippen LogP contribution < -0.4 is 5.43 Å². The van der Waals surface area contributed by atoms with Gasteiger partial charge in [0.1, 0.15) is 0 Å². The van der Waals surface area contributed by atoms with Crippen molar-refractivity contribution >= 4 is 0 Å². The fourth-order valence-corrected chi connectivity index (χ4v) is 1.98. The third kappa shape index (κ3) is 30.3. The lowest BCUT2D eigenvalue weighted by atomic mass is 10.1. The van der Waals surface area contributed by atoms with Gasteiger partial charge in [0.25, 0.3) is 0 Å². The molecule has 0 atom stereocenters. The molecule has 20 heavy (non-hydrogen) atoms. The Hall–Kier alpha value is -0.880. The SMILES string of the molecule is CCCCCCCCCCCC[NH2+]N(C)C.O=[N+]([O-])[O-]. The summed E-state index contributed by atoms with van der Waals surface area (Å²) in [6.45, 7) is 3.54. The maximum Gasteiger partial charge on any atom is 0.0931 e. The highest BCUT2D eigenvalue weighted by Crippen LogP contribution is 2.09. The van der Waals surface area contributed by atoms with E-state index in [0.717, 1.165) is 0 Å². The highest BCUT2D eigenvalue weighted by molar-refractivity contribution is 4.46. The molecule has 0 aromatic rings. The van der Waals surface area contributed by atoms with Gasteiger partial charge in [-0.25, -0.2) is 0 Å². The first-order chi connectivity index (χ1) is 9.50. The summed E-state index contributed by atoms with van der Waals surface area (Å²) in [7, 11) is 4.21. The molecule has 0 amide bonds. The Balaban J connectivity index is 0. The number of hydrogen-bond donors (Lipinski definition) is 1. The minimum absolute atomic E-state index is 1.25. The Bertz CT molecular complexity index is 198. The first-order valence-corrected chi connectivity index (χ1v) is 7.82. The molecule has 0 aliphatic rings. The fraction of sp³-hybridized carbons (Fsp3) is 1.00. The molecular formula is C14H33N3O3. The molecule has 0 aliphatic carbocycles. The topological polar surface area (TPSA) is 86.0 Å². The zero-order valence-corrected chi connectivity index (χ0v) is 13.5. The normalized spacial score (nSPS) is 10.2. The molecule has 0 fully saturated rings. The average Bonchev–Trinajstić information content (AvgIpc) is 2.35. The van der Waals surface area contributed by atoms with Gasteiger partial charge in [-0.3, -0.25) is 5.43 Å². The second kappa shape index (κ2) is 18.1. The summed E-state index contributed by atoms with van der Waals surface area (Å²) >= 11 is 0. The number of quaternary nitrogens is 1. The van der Waals surface area contributed by atoms with Gasteiger partial charge in [-0.1, -0.05) is 58.3 Å². The average molecular weight is 291 g/mol. The van der Waals surface area contributed by atoms with Gasteiger partial charge in [-0.2, -0.15) is 5.01 Å².